The second-order valence-electron chi connectivity index (χ2n) is 5.07. The summed E-state index contributed by atoms with van der Waals surface area (Å²) in [5.41, 5.74) is 6.39. The summed E-state index contributed by atoms with van der Waals surface area (Å²) in [6.45, 7) is 4.06. The number of hydrogen-bond donors (Lipinski definition) is 2. The molecule has 0 radical (unpaired) electrons. The van der Waals surface area contributed by atoms with Gasteiger partial charge in [0.15, 0.2) is 0 Å². The minimum atomic E-state index is -0.502. The van der Waals surface area contributed by atoms with Gasteiger partial charge in [0, 0.05) is 44.1 Å². The summed E-state index contributed by atoms with van der Waals surface area (Å²) in [4.78, 5) is 19.7. The highest BCUT2D eigenvalue weighted by Crippen LogP contribution is 2.10. The molecule has 0 aliphatic carbocycles. The van der Waals surface area contributed by atoms with Gasteiger partial charge in [-0.3, -0.25) is 14.7 Å². The maximum atomic E-state index is 11.1. The second kappa shape index (κ2) is 5.99. The Labute approximate surface area is 113 Å². The smallest absolute Gasteiger partial charge is 0.267 e. The molecule has 1 amide bonds. The minimum absolute atomic E-state index is 0.291. The number of nitrogens with one attached hydrogen (secondary N) is 1. The highest BCUT2D eigenvalue weighted by molar-refractivity contribution is 5.91. The van der Waals surface area contributed by atoms with E-state index in [9.17, 15) is 4.79 Å². The van der Waals surface area contributed by atoms with E-state index in [2.05, 4.69) is 34.2 Å². The molecule has 1 atom stereocenters. The van der Waals surface area contributed by atoms with Crippen LogP contribution in [0.3, 0.4) is 0 Å². The van der Waals surface area contributed by atoms with Crippen LogP contribution >= 0.6 is 0 Å². The molecule has 1 aliphatic heterocycles. The SMILES string of the molecule is CN1CCN(C)C(CNc2ccnc(C(N)=O)c2)C1. The molecule has 0 saturated carbocycles. The lowest BCUT2D eigenvalue weighted by molar-refractivity contribution is 0.0995. The molecule has 2 rings (SSSR count). The van der Waals surface area contributed by atoms with Crippen LogP contribution in [0.25, 0.3) is 0 Å². The van der Waals surface area contributed by atoms with Crippen molar-refractivity contribution in [1.29, 1.82) is 0 Å². The number of primary amides is 1. The second-order valence-corrected chi connectivity index (χ2v) is 5.07. The first-order valence-electron chi connectivity index (χ1n) is 6.45. The van der Waals surface area contributed by atoms with Gasteiger partial charge in [-0.25, -0.2) is 0 Å². The fourth-order valence-corrected chi connectivity index (χ4v) is 2.23. The van der Waals surface area contributed by atoms with Gasteiger partial charge in [0.05, 0.1) is 0 Å². The van der Waals surface area contributed by atoms with E-state index < -0.39 is 5.91 Å². The van der Waals surface area contributed by atoms with Crippen LogP contribution in [0.4, 0.5) is 5.69 Å². The molecule has 1 fully saturated rings. The number of piperazine rings is 1. The number of anilines is 1. The van der Waals surface area contributed by atoms with E-state index in [1.807, 2.05) is 6.07 Å². The van der Waals surface area contributed by atoms with Crippen LogP contribution in [-0.2, 0) is 0 Å². The van der Waals surface area contributed by atoms with Gasteiger partial charge in [-0.2, -0.15) is 0 Å². The molecule has 0 bridgehead atoms. The molecule has 1 aromatic heterocycles. The number of pyridine rings is 1. The Morgan fingerprint density at radius 1 is 1.53 bits per heavy atom. The highest BCUT2D eigenvalue weighted by Gasteiger charge is 2.21. The van der Waals surface area contributed by atoms with Crippen molar-refractivity contribution in [3.8, 4) is 0 Å². The lowest BCUT2D eigenvalue weighted by Gasteiger charge is -2.37. The number of carbonyl (C=O) groups excluding carboxylic acids is 1. The third kappa shape index (κ3) is 3.65. The molecule has 6 nitrogen and oxygen atoms in total. The molecule has 1 saturated heterocycles. The number of nitrogens with two attached hydrogens (primary N) is 1. The van der Waals surface area contributed by atoms with Crippen molar-refractivity contribution in [3.63, 3.8) is 0 Å². The summed E-state index contributed by atoms with van der Waals surface area (Å²) in [5, 5.41) is 3.34. The zero-order valence-electron chi connectivity index (χ0n) is 11.5. The maximum Gasteiger partial charge on any atom is 0.267 e. The summed E-state index contributed by atoms with van der Waals surface area (Å²) in [7, 11) is 4.28. The fourth-order valence-electron chi connectivity index (χ4n) is 2.23. The van der Waals surface area contributed by atoms with Crippen LogP contribution in [0.15, 0.2) is 18.3 Å². The van der Waals surface area contributed by atoms with Crippen LogP contribution < -0.4 is 11.1 Å². The number of carbonyl (C=O) groups is 1. The third-order valence-corrected chi connectivity index (χ3v) is 3.53. The number of rotatable bonds is 4. The van der Waals surface area contributed by atoms with Gasteiger partial charge in [0.1, 0.15) is 5.69 Å². The topological polar surface area (TPSA) is 74.5 Å². The van der Waals surface area contributed by atoms with E-state index in [0.29, 0.717) is 11.7 Å². The van der Waals surface area contributed by atoms with Gasteiger partial charge in [-0.05, 0) is 26.2 Å². The monoisotopic (exact) mass is 263 g/mol. The third-order valence-electron chi connectivity index (χ3n) is 3.53. The normalized spacial score (nSPS) is 21.3. The Hall–Kier alpha value is -1.66. The number of likely N-dealkylation sites (N-methyl/N-ethyl adjacent to an activating group) is 2. The Morgan fingerprint density at radius 3 is 3.05 bits per heavy atom. The molecule has 2 heterocycles. The molecule has 0 spiro atoms. The predicted molar refractivity (Wildman–Crippen MR) is 75.2 cm³/mol. The molecule has 104 valence electrons. The largest absolute Gasteiger partial charge is 0.383 e. The van der Waals surface area contributed by atoms with Crippen molar-refractivity contribution in [1.82, 2.24) is 14.8 Å². The standard InChI is InChI=1S/C13H21N5O/c1-17-5-6-18(2)11(9-17)8-16-10-3-4-15-12(7-10)13(14)19/h3-4,7,11H,5-6,8-9H2,1-2H3,(H2,14,19)(H,15,16). The molecular weight excluding hydrogens is 242 g/mol. The summed E-state index contributed by atoms with van der Waals surface area (Å²) >= 11 is 0. The van der Waals surface area contributed by atoms with E-state index in [0.717, 1.165) is 31.9 Å². The first-order valence-corrected chi connectivity index (χ1v) is 6.45. The van der Waals surface area contributed by atoms with E-state index in [-0.39, 0.29) is 0 Å². The number of amides is 1. The zero-order valence-corrected chi connectivity index (χ0v) is 11.5. The van der Waals surface area contributed by atoms with Crippen molar-refractivity contribution >= 4 is 11.6 Å². The van der Waals surface area contributed by atoms with Crippen LogP contribution in [0, 0.1) is 0 Å². The van der Waals surface area contributed by atoms with Gasteiger partial charge >= 0.3 is 0 Å². The van der Waals surface area contributed by atoms with Gasteiger partial charge in [-0.1, -0.05) is 0 Å². The number of aromatic nitrogens is 1. The van der Waals surface area contributed by atoms with Crippen LogP contribution in [-0.4, -0.2) is 67.0 Å². The highest BCUT2D eigenvalue weighted by atomic mass is 16.1. The lowest BCUT2D eigenvalue weighted by atomic mass is 10.2. The first kappa shape index (κ1) is 13.8. The van der Waals surface area contributed by atoms with Crippen molar-refractivity contribution < 1.29 is 4.79 Å². The van der Waals surface area contributed by atoms with E-state index in [4.69, 9.17) is 5.73 Å². The Bertz CT molecular complexity index is 450. The van der Waals surface area contributed by atoms with Gasteiger partial charge in [0.2, 0.25) is 0 Å². The quantitative estimate of drug-likeness (QED) is 0.789. The average Bonchev–Trinajstić information content (AvgIpc) is 2.40. The Morgan fingerprint density at radius 2 is 2.32 bits per heavy atom. The van der Waals surface area contributed by atoms with Crippen LogP contribution in [0.2, 0.25) is 0 Å². The minimum Gasteiger partial charge on any atom is -0.383 e. The Kier molecular flexibility index (Phi) is 4.34. The molecular formula is C13H21N5O. The molecule has 6 heteroatoms. The molecule has 1 aromatic rings. The van der Waals surface area contributed by atoms with E-state index >= 15 is 0 Å². The van der Waals surface area contributed by atoms with Crippen molar-refractivity contribution in [2.45, 2.75) is 6.04 Å². The lowest BCUT2D eigenvalue weighted by Crippen LogP contribution is -2.52. The maximum absolute atomic E-state index is 11.1. The summed E-state index contributed by atoms with van der Waals surface area (Å²) in [6, 6.07) is 4.00. The van der Waals surface area contributed by atoms with E-state index in [1.165, 1.54) is 0 Å². The van der Waals surface area contributed by atoms with Crippen molar-refractivity contribution in [2.24, 2.45) is 5.73 Å². The number of hydrogen-bond acceptors (Lipinski definition) is 5. The van der Waals surface area contributed by atoms with Crippen molar-refractivity contribution in [3.05, 3.63) is 24.0 Å². The fraction of sp³-hybridized carbons (Fsp3) is 0.538. The molecule has 1 unspecified atom stereocenters. The molecule has 3 N–H and O–H groups in total. The Balaban J connectivity index is 1.94. The number of nitrogens with zero attached hydrogens (tertiary/aromatic N) is 3. The van der Waals surface area contributed by atoms with Crippen LogP contribution in [0.1, 0.15) is 10.5 Å². The summed E-state index contributed by atoms with van der Waals surface area (Å²) < 4.78 is 0. The molecule has 1 aliphatic rings. The van der Waals surface area contributed by atoms with Gasteiger partial charge in [-0.15, -0.1) is 0 Å². The molecule has 19 heavy (non-hydrogen) atoms. The van der Waals surface area contributed by atoms with Crippen LogP contribution in [0.5, 0.6) is 0 Å². The zero-order chi connectivity index (χ0) is 13.8. The molecule has 0 aromatic carbocycles. The van der Waals surface area contributed by atoms with E-state index in [1.54, 1.807) is 12.3 Å². The first-order chi connectivity index (χ1) is 9.06. The summed E-state index contributed by atoms with van der Waals surface area (Å²) in [6.07, 6.45) is 1.60. The van der Waals surface area contributed by atoms with Gasteiger partial charge < -0.3 is 16.0 Å². The van der Waals surface area contributed by atoms with Gasteiger partial charge in [0.25, 0.3) is 5.91 Å². The predicted octanol–water partition coefficient (Wildman–Crippen LogP) is -0.162. The van der Waals surface area contributed by atoms with Crippen molar-refractivity contribution in [2.75, 3.05) is 45.6 Å². The average molecular weight is 263 g/mol. The summed E-state index contributed by atoms with van der Waals surface area (Å²) in [5.74, 6) is -0.502.